The summed E-state index contributed by atoms with van der Waals surface area (Å²) in [4.78, 5) is 41.4. The highest BCUT2D eigenvalue weighted by atomic mass is 16.5. The summed E-state index contributed by atoms with van der Waals surface area (Å²) in [6.45, 7) is 19.0. The first kappa shape index (κ1) is 51.8. The lowest BCUT2D eigenvalue weighted by Crippen LogP contribution is -2.35. The molecule has 0 spiro atoms. The molecule has 14 nitrogen and oxygen atoms in total. The van der Waals surface area contributed by atoms with E-state index in [0.29, 0.717) is 88.1 Å². The Morgan fingerprint density at radius 3 is 1.30 bits per heavy atom. The zero-order valence-electron chi connectivity index (χ0n) is 34.4. The molecule has 0 aliphatic rings. The average Bonchev–Trinajstić information content (AvgIpc) is 3.11. The lowest BCUT2D eigenvalue weighted by Gasteiger charge is -2.17. The SMILES string of the molecule is CCCOCc1cc(CC(C)=O)ccc1OCC(O)CNC(C)C.CCCOCc1cc(CC(C)=O)ccc1OCC(O)CNC(C)C.O=C([O-])/C=C\C(=O)[O-]. The van der Waals surface area contributed by atoms with Gasteiger partial charge in [-0.05, 0) is 74.2 Å². The second kappa shape index (κ2) is 31.0. The topological polar surface area (TPSA) is 216 Å². The number of ketones is 2. The fraction of sp³-hybridized carbons (Fsp3) is 0.571. The Bertz CT molecular complexity index is 1350. The summed E-state index contributed by atoms with van der Waals surface area (Å²) >= 11 is 0. The van der Waals surface area contributed by atoms with Gasteiger partial charge in [-0.25, -0.2) is 0 Å². The Morgan fingerprint density at radius 2 is 1.02 bits per heavy atom. The van der Waals surface area contributed by atoms with Gasteiger partial charge in [0.2, 0.25) is 0 Å². The van der Waals surface area contributed by atoms with Crippen molar-refractivity contribution < 1.29 is 58.6 Å². The molecule has 2 atom stereocenters. The fourth-order valence-electron chi connectivity index (χ4n) is 4.59. The summed E-state index contributed by atoms with van der Waals surface area (Å²) < 4.78 is 22.8. The van der Waals surface area contributed by atoms with Crippen molar-refractivity contribution in [3.8, 4) is 11.5 Å². The highest BCUT2D eigenvalue weighted by Crippen LogP contribution is 2.23. The number of carboxylic acid groups (broad SMARTS) is 2. The molecule has 0 radical (unpaired) electrons. The fourth-order valence-corrected chi connectivity index (χ4v) is 4.59. The molecule has 0 aromatic heterocycles. The number of hydrogen-bond donors (Lipinski definition) is 4. The zero-order valence-corrected chi connectivity index (χ0v) is 34.4. The summed E-state index contributed by atoms with van der Waals surface area (Å²) in [6, 6.07) is 12.0. The standard InChI is InChI=1S/2C19H31NO4.C4H4O4/c2*1-5-8-23-12-17-10-16(9-15(4)21)6-7-19(17)24-13-18(22)11-20-14(2)3;5-3(6)1-2-4(7)8/h2*6-7,10,14,18,20,22H,5,8-9,11-13H2,1-4H3;1-2H,(H,5,6)(H,7,8)/p-2/b;;2-1-. The third-order valence-corrected chi connectivity index (χ3v) is 7.11. The average molecular weight is 789 g/mol. The molecule has 316 valence electrons. The first-order chi connectivity index (χ1) is 26.5. The third-order valence-electron chi connectivity index (χ3n) is 7.11. The highest BCUT2D eigenvalue weighted by molar-refractivity contribution is 5.87. The highest BCUT2D eigenvalue weighted by Gasteiger charge is 2.12. The van der Waals surface area contributed by atoms with Crippen LogP contribution in [-0.4, -0.2) is 97.5 Å². The molecule has 4 N–H and O–H groups in total. The Kier molecular flexibility index (Phi) is 28.7. The maximum atomic E-state index is 11.3. The summed E-state index contributed by atoms with van der Waals surface area (Å²) in [5, 5.41) is 45.1. The number of Topliss-reactive ketones (excluding diaryl/α,β-unsaturated/α-hetero) is 2. The van der Waals surface area contributed by atoms with Crippen molar-refractivity contribution in [2.75, 3.05) is 39.5 Å². The summed E-state index contributed by atoms with van der Waals surface area (Å²) in [7, 11) is 0. The Balaban J connectivity index is 0.000000905. The molecule has 0 saturated carbocycles. The molecule has 14 heteroatoms. The van der Waals surface area contributed by atoms with Crippen LogP contribution in [-0.2, 0) is 54.7 Å². The van der Waals surface area contributed by atoms with E-state index in [1.165, 1.54) is 0 Å². The number of nitrogens with one attached hydrogen (secondary N) is 2. The Hall–Kier alpha value is -4.18. The molecule has 0 amide bonds. The maximum absolute atomic E-state index is 11.3. The van der Waals surface area contributed by atoms with Crippen molar-refractivity contribution in [1.29, 1.82) is 0 Å². The van der Waals surface area contributed by atoms with Gasteiger partial charge in [-0.15, -0.1) is 0 Å². The van der Waals surface area contributed by atoms with Crippen LogP contribution in [0.25, 0.3) is 0 Å². The predicted molar refractivity (Wildman–Crippen MR) is 210 cm³/mol. The Labute approximate surface area is 332 Å². The first-order valence-corrected chi connectivity index (χ1v) is 19.0. The van der Waals surface area contributed by atoms with E-state index in [-0.39, 0.29) is 24.8 Å². The molecule has 0 bridgehead atoms. The molecule has 0 aliphatic heterocycles. The number of carbonyl (C=O) groups excluding carboxylic acids is 4. The summed E-state index contributed by atoms with van der Waals surface area (Å²) in [6.07, 6.45) is 2.32. The van der Waals surface area contributed by atoms with Crippen molar-refractivity contribution in [3.05, 3.63) is 70.8 Å². The number of aliphatic hydroxyl groups excluding tert-OH is 2. The van der Waals surface area contributed by atoms with Gasteiger partial charge in [0.05, 0.1) is 25.2 Å². The van der Waals surface area contributed by atoms with Crippen LogP contribution in [0.15, 0.2) is 48.6 Å². The molecule has 0 heterocycles. The van der Waals surface area contributed by atoms with Crippen molar-refractivity contribution in [3.63, 3.8) is 0 Å². The van der Waals surface area contributed by atoms with E-state index in [0.717, 1.165) is 35.1 Å². The van der Waals surface area contributed by atoms with Gasteiger partial charge in [-0.2, -0.15) is 0 Å². The lowest BCUT2D eigenvalue weighted by molar-refractivity contribution is -0.301. The normalized spacial score (nSPS) is 12.0. The molecule has 56 heavy (non-hydrogen) atoms. The van der Waals surface area contributed by atoms with Crippen LogP contribution in [0.4, 0.5) is 0 Å². The van der Waals surface area contributed by atoms with Gasteiger partial charge in [0.1, 0.15) is 48.5 Å². The van der Waals surface area contributed by atoms with Crippen LogP contribution in [0.3, 0.4) is 0 Å². The van der Waals surface area contributed by atoms with E-state index in [1.54, 1.807) is 13.8 Å². The van der Waals surface area contributed by atoms with Gasteiger partial charge < -0.3 is 59.6 Å². The quantitative estimate of drug-likeness (QED) is 0.0793. The molecular formula is C42H64N2O12-2. The van der Waals surface area contributed by atoms with Crippen molar-refractivity contribution in [2.45, 2.75) is 119 Å². The first-order valence-electron chi connectivity index (χ1n) is 19.0. The van der Waals surface area contributed by atoms with Crippen LogP contribution in [0, 0.1) is 0 Å². The minimum Gasteiger partial charge on any atom is -0.545 e. The van der Waals surface area contributed by atoms with Crippen LogP contribution < -0.4 is 30.3 Å². The minimum atomic E-state index is -1.55. The predicted octanol–water partition coefficient (Wildman–Crippen LogP) is 2.01. The number of hydrogen-bond acceptors (Lipinski definition) is 14. The number of aliphatic carboxylic acids is 2. The van der Waals surface area contributed by atoms with Gasteiger partial charge in [-0.1, -0.05) is 53.7 Å². The van der Waals surface area contributed by atoms with E-state index >= 15 is 0 Å². The lowest BCUT2D eigenvalue weighted by atomic mass is 10.1. The van der Waals surface area contributed by atoms with E-state index < -0.39 is 24.1 Å². The number of rotatable bonds is 26. The Morgan fingerprint density at radius 1 is 0.661 bits per heavy atom. The molecule has 2 aromatic carbocycles. The molecule has 2 aromatic rings. The van der Waals surface area contributed by atoms with Gasteiger partial charge in [0.25, 0.3) is 0 Å². The van der Waals surface area contributed by atoms with Gasteiger partial charge >= 0.3 is 0 Å². The summed E-state index contributed by atoms with van der Waals surface area (Å²) in [5.41, 5.74) is 3.72. The largest absolute Gasteiger partial charge is 0.545 e. The zero-order chi connectivity index (χ0) is 42.5. The number of carbonyl (C=O) groups is 4. The molecule has 0 fully saturated rings. The second-order valence-corrected chi connectivity index (χ2v) is 13.8. The van der Waals surface area contributed by atoms with Crippen LogP contribution in [0.1, 0.15) is 90.5 Å². The van der Waals surface area contributed by atoms with Crippen LogP contribution in [0.2, 0.25) is 0 Å². The maximum Gasteiger partial charge on any atom is 0.134 e. The monoisotopic (exact) mass is 788 g/mol. The molecular weight excluding hydrogens is 724 g/mol. The van der Waals surface area contributed by atoms with E-state index in [9.17, 15) is 39.6 Å². The smallest absolute Gasteiger partial charge is 0.134 e. The van der Waals surface area contributed by atoms with Crippen LogP contribution >= 0.6 is 0 Å². The summed E-state index contributed by atoms with van der Waals surface area (Å²) in [5.74, 6) is -1.45. The number of ether oxygens (including phenoxy) is 4. The molecule has 2 unspecified atom stereocenters. The number of benzene rings is 2. The second-order valence-electron chi connectivity index (χ2n) is 13.8. The molecule has 0 aliphatic carbocycles. The van der Waals surface area contributed by atoms with Crippen molar-refractivity contribution >= 4 is 23.5 Å². The van der Waals surface area contributed by atoms with Gasteiger partial charge in [-0.3, -0.25) is 9.59 Å². The van der Waals surface area contributed by atoms with Crippen molar-refractivity contribution in [1.82, 2.24) is 10.6 Å². The van der Waals surface area contributed by atoms with E-state index in [1.807, 2.05) is 64.1 Å². The molecule has 2 rings (SSSR count). The van der Waals surface area contributed by atoms with Gasteiger partial charge in [0, 0.05) is 62.4 Å². The third kappa shape index (κ3) is 28.3. The number of carboxylic acids is 2. The molecule has 0 saturated heterocycles. The van der Waals surface area contributed by atoms with Gasteiger partial charge in [0.15, 0.2) is 0 Å². The number of aliphatic hydroxyl groups is 2. The van der Waals surface area contributed by atoms with Crippen molar-refractivity contribution in [2.24, 2.45) is 0 Å². The minimum absolute atomic E-state index is 0.124. The van der Waals surface area contributed by atoms with Crippen LogP contribution in [0.5, 0.6) is 11.5 Å². The van der Waals surface area contributed by atoms with E-state index in [2.05, 4.69) is 24.5 Å². The van der Waals surface area contributed by atoms with E-state index in [4.69, 9.17) is 18.9 Å².